The van der Waals surface area contributed by atoms with Crippen LogP contribution in [-0.2, 0) is 19.3 Å². The lowest BCUT2D eigenvalue weighted by Gasteiger charge is -2.23. The highest BCUT2D eigenvalue weighted by Gasteiger charge is 2.27. The lowest BCUT2D eigenvalue weighted by molar-refractivity contribution is 0.383. The number of benzene rings is 2. The van der Waals surface area contributed by atoms with Crippen LogP contribution in [0.1, 0.15) is 16.7 Å². The summed E-state index contributed by atoms with van der Waals surface area (Å²) in [6.45, 7) is 0. The largest absolute Gasteiger partial charge is 0.316 e. The van der Waals surface area contributed by atoms with E-state index in [4.69, 9.17) is 0 Å². The third-order valence-electron chi connectivity index (χ3n) is 4.40. The highest BCUT2D eigenvalue weighted by Crippen LogP contribution is 2.30. The van der Waals surface area contributed by atoms with Gasteiger partial charge in [0, 0.05) is 10.5 Å². The maximum atomic E-state index is 13.5. The fourth-order valence-corrected chi connectivity index (χ4v) is 3.88. The maximum Gasteiger partial charge on any atom is 0.124 e. The zero-order valence-corrected chi connectivity index (χ0v) is 13.7. The van der Waals surface area contributed by atoms with Gasteiger partial charge in [0.05, 0.1) is 0 Å². The van der Waals surface area contributed by atoms with Crippen molar-refractivity contribution in [3.8, 4) is 0 Å². The van der Waals surface area contributed by atoms with Crippen molar-refractivity contribution in [2.45, 2.75) is 25.3 Å². The molecule has 2 aromatic rings. The van der Waals surface area contributed by atoms with Crippen LogP contribution in [0.4, 0.5) is 4.39 Å². The summed E-state index contributed by atoms with van der Waals surface area (Å²) in [6, 6.07) is 14.2. The molecule has 1 unspecified atom stereocenters. The van der Waals surface area contributed by atoms with Crippen LogP contribution >= 0.6 is 15.9 Å². The first-order valence-electron chi connectivity index (χ1n) is 7.34. The van der Waals surface area contributed by atoms with Crippen LogP contribution in [0.5, 0.6) is 0 Å². The Labute approximate surface area is 133 Å². The van der Waals surface area contributed by atoms with Crippen LogP contribution in [0.2, 0.25) is 0 Å². The van der Waals surface area contributed by atoms with E-state index in [1.165, 1.54) is 17.2 Å². The molecule has 21 heavy (non-hydrogen) atoms. The molecule has 1 aliphatic carbocycles. The third-order valence-corrected chi connectivity index (χ3v) is 4.86. The molecule has 3 rings (SSSR count). The second kappa shape index (κ2) is 6.29. The molecule has 1 N–H and O–H groups in total. The Morgan fingerprint density at radius 2 is 1.86 bits per heavy atom. The van der Waals surface area contributed by atoms with Crippen molar-refractivity contribution < 1.29 is 4.39 Å². The van der Waals surface area contributed by atoms with Gasteiger partial charge in [0.2, 0.25) is 0 Å². The summed E-state index contributed by atoms with van der Waals surface area (Å²) >= 11 is 3.37. The standard InChI is InChI=1S/C18H19BrFN/c1-21-18(8-12-6-16(19)11-17(20)7-12)15-9-13-4-2-3-5-14(13)10-15/h2-7,11,15,18,21H,8-10H2,1H3. The molecular formula is C18H19BrFN. The van der Waals surface area contributed by atoms with Gasteiger partial charge >= 0.3 is 0 Å². The van der Waals surface area contributed by atoms with Gasteiger partial charge in [0.1, 0.15) is 5.82 Å². The molecule has 110 valence electrons. The molecule has 0 radical (unpaired) electrons. The molecule has 0 bridgehead atoms. The van der Waals surface area contributed by atoms with Crippen molar-refractivity contribution in [1.29, 1.82) is 0 Å². The van der Waals surface area contributed by atoms with E-state index in [0.29, 0.717) is 12.0 Å². The van der Waals surface area contributed by atoms with Gasteiger partial charge in [-0.3, -0.25) is 0 Å². The van der Waals surface area contributed by atoms with Gasteiger partial charge in [-0.2, -0.15) is 0 Å². The lowest BCUT2D eigenvalue weighted by atomic mass is 9.91. The molecule has 1 atom stereocenters. The Morgan fingerprint density at radius 3 is 2.43 bits per heavy atom. The van der Waals surface area contributed by atoms with Crippen LogP contribution in [0.15, 0.2) is 46.9 Å². The fourth-order valence-electron chi connectivity index (χ4n) is 3.36. The summed E-state index contributed by atoms with van der Waals surface area (Å²) in [5, 5.41) is 3.43. The van der Waals surface area contributed by atoms with Crippen LogP contribution < -0.4 is 5.32 Å². The minimum absolute atomic E-state index is 0.177. The summed E-state index contributed by atoms with van der Waals surface area (Å²) in [7, 11) is 2.00. The van der Waals surface area contributed by atoms with Gasteiger partial charge in [-0.15, -0.1) is 0 Å². The summed E-state index contributed by atoms with van der Waals surface area (Å²) in [5.74, 6) is 0.401. The number of hydrogen-bond donors (Lipinski definition) is 1. The van der Waals surface area contributed by atoms with E-state index >= 15 is 0 Å². The molecule has 0 aliphatic heterocycles. The minimum atomic E-state index is -0.177. The maximum absolute atomic E-state index is 13.5. The molecule has 0 aromatic heterocycles. The Balaban J connectivity index is 1.75. The summed E-state index contributed by atoms with van der Waals surface area (Å²) < 4.78 is 14.3. The summed E-state index contributed by atoms with van der Waals surface area (Å²) in [5.41, 5.74) is 3.96. The second-order valence-electron chi connectivity index (χ2n) is 5.81. The molecular weight excluding hydrogens is 329 g/mol. The second-order valence-corrected chi connectivity index (χ2v) is 6.73. The topological polar surface area (TPSA) is 12.0 Å². The Kier molecular flexibility index (Phi) is 4.41. The molecule has 1 aliphatic rings. The number of likely N-dealkylation sites (N-methyl/N-ethyl adjacent to an activating group) is 1. The predicted octanol–water partition coefficient (Wildman–Crippen LogP) is 4.13. The first-order valence-corrected chi connectivity index (χ1v) is 8.14. The summed E-state index contributed by atoms with van der Waals surface area (Å²) in [6.07, 6.45) is 3.07. The average molecular weight is 348 g/mol. The molecule has 2 aromatic carbocycles. The minimum Gasteiger partial charge on any atom is -0.316 e. The lowest BCUT2D eigenvalue weighted by Crippen LogP contribution is -2.36. The molecule has 0 fully saturated rings. The van der Waals surface area contributed by atoms with Crippen LogP contribution in [0, 0.1) is 11.7 Å². The number of rotatable bonds is 4. The first kappa shape index (κ1) is 14.7. The zero-order valence-electron chi connectivity index (χ0n) is 12.1. The van der Waals surface area contributed by atoms with Gasteiger partial charge in [0.15, 0.2) is 0 Å². The van der Waals surface area contributed by atoms with E-state index in [-0.39, 0.29) is 5.82 Å². The fraction of sp³-hybridized carbons (Fsp3) is 0.333. The number of fused-ring (bicyclic) bond motifs is 1. The van der Waals surface area contributed by atoms with Crippen molar-refractivity contribution >= 4 is 15.9 Å². The van der Waals surface area contributed by atoms with Crippen LogP contribution in [-0.4, -0.2) is 13.1 Å². The average Bonchev–Trinajstić information content (AvgIpc) is 2.87. The quantitative estimate of drug-likeness (QED) is 0.876. The van der Waals surface area contributed by atoms with Gasteiger partial charge in [-0.1, -0.05) is 40.2 Å². The summed E-state index contributed by atoms with van der Waals surface area (Å²) in [4.78, 5) is 0. The zero-order chi connectivity index (χ0) is 14.8. The normalized spacial score (nSPS) is 16.0. The van der Waals surface area contributed by atoms with Gasteiger partial charge in [0.25, 0.3) is 0 Å². The van der Waals surface area contributed by atoms with E-state index in [9.17, 15) is 4.39 Å². The van der Waals surface area contributed by atoms with Crippen molar-refractivity contribution in [1.82, 2.24) is 5.32 Å². The van der Waals surface area contributed by atoms with E-state index in [1.807, 2.05) is 13.1 Å². The molecule has 0 spiro atoms. The number of nitrogens with one attached hydrogen (secondary N) is 1. The monoisotopic (exact) mass is 347 g/mol. The highest BCUT2D eigenvalue weighted by atomic mass is 79.9. The number of hydrogen-bond acceptors (Lipinski definition) is 1. The van der Waals surface area contributed by atoms with Gasteiger partial charge < -0.3 is 5.32 Å². The molecule has 0 amide bonds. The predicted molar refractivity (Wildman–Crippen MR) is 88.0 cm³/mol. The van der Waals surface area contributed by atoms with Crippen molar-refractivity contribution in [2.75, 3.05) is 7.05 Å². The van der Waals surface area contributed by atoms with E-state index in [0.717, 1.165) is 29.3 Å². The SMILES string of the molecule is CNC(Cc1cc(F)cc(Br)c1)C1Cc2ccccc2C1. The molecule has 0 saturated heterocycles. The van der Waals surface area contributed by atoms with Crippen molar-refractivity contribution in [2.24, 2.45) is 5.92 Å². The van der Waals surface area contributed by atoms with Crippen molar-refractivity contribution in [3.05, 3.63) is 69.4 Å². The molecule has 3 heteroatoms. The molecule has 0 saturated carbocycles. The third kappa shape index (κ3) is 3.35. The van der Waals surface area contributed by atoms with Crippen molar-refractivity contribution in [3.63, 3.8) is 0 Å². The molecule has 0 heterocycles. The Bertz CT molecular complexity index is 596. The highest BCUT2D eigenvalue weighted by molar-refractivity contribution is 9.10. The number of halogens is 2. The van der Waals surface area contributed by atoms with Crippen LogP contribution in [0.25, 0.3) is 0 Å². The van der Waals surface area contributed by atoms with Gasteiger partial charge in [-0.05, 0) is 67.1 Å². The first-order chi connectivity index (χ1) is 10.2. The van der Waals surface area contributed by atoms with Gasteiger partial charge in [-0.25, -0.2) is 4.39 Å². The van der Waals surface area contributed by atoms with E-state index < -0.39 is 0 Å². The van der Waals surface area contributed by atoms with E-state index in [1.54, 1.807) is 6.07 Å². The van der Waals surface area contributed by atoms with E-state index in [2.05, 4.69) is 45.5 Å². The Hall–Kier alpha value is -1.19. The molecule has 1 nitrogen and oxygen atoms in total. The van der Waals surface area contributed by atoms with Crippen LogP contribution in [0.3, 0.4) is 0 Å². The Morgan fingerprint density at radius 1 is 1.19 bits per heavy atom. The smallest absolute Gasteiger partial charge is 0.124 e.